The van der Waals surface area contributed by atoms with Gasteiger partial charge in [0.15, 0.2) is 0 Å². The number of para-hydroxylation sites is 5. The molecule has 0 unspecified atom stereocenters. The van der Waals surface area contributed by atoms with Crippen LogP contribution in [-0.4, -0.2) is 34.9 Å². The second-order valence-corrected chi connectivity index (χ2v) is 41.6. The maximum Gasteiger partial charge on any atom is 0.0763 e. The summed E-state index contributed by atoms with van der Waals surface area (Å²) in [5.74, 6) is 0.723. The third-order valence-electron chi connectivity index (χ3n) is 28.2. The first kappa shape index (κ1) is 101. The van der Waals surface area contributed by atoms with E-state index >= 15 is 0 Å². The Bertz CT molecular complexity index is 8740. The van der Waals surface area contributed by atoms with Crippen molar-refractivity contribution in [2.24, 2.45) is 0 Å². The summed E-state index contributed by atoms with van der Waals surface area (Å²) in [6, 6.07) is 172. The third kappa shape index (κ3) is 20.4. The van der Waals surface area contributed by atoms with E-state index in [1.54, 1.807) is 34.0 Å². The Morgan fingerprint density at radius 2 is 0.597 bits per heavy atom. The topological polar surface area (TPSA) is 90.2 Å². The van der Waals surface area contributed by atoms with Gasteiger partial charge in [0.05, 0.1) is 39.1 Å². The molecule has 0 atom stereocenters. The van der Waals surface area contributed by atoms with Crippen LogP contribution in [0.4, 0.5) is 0 Å². The number of thiazole rings is 3. The minimum absolute atomic E-state index is 0. The van der Waals surface area contributed by atoms with Crippen molar-refractivity contribution in [2.45, 2.75) is 71.6 Å². The fourth-order valence-electron chi connectivity index (χ4n) is 20.6. The third-order valence-corrected chi connectivity index (χ3v) is 31.4. The van der Waals surface area contributed by atoms with Crippen molar-refractivity contribution in [2.75, 3.05) is 0 Å². The molecule has 3 aliphatic carbocycles. The number of nitrogens with zero attached hydrogens (tertiary/aromatic N) is 7. The molecular weight excluding hydrogens is 2400 g/mol. The Morgan fingerprint density at radius 1 is 0.235 bits per heavy atom. The van der Waals surface area contributed by atoms with Gasteiger partial charge in [0, 0.05) is 107 Å². The second-order valence-electron chi connectivity index (χ2n) is 38.5. The molecule has 6 aromatic heterocycles. The number of aryl methyl sites for hydroxylation is 2. The molecule has 13 heteroatoms. The number of fused-ring (bicyclic) bond motifs is 15. The fourth-order valence-corrected chi connectivity index (χ4v) is 23.5. The number of aromatic nitrogens is 7. The molecule has 149 heavy (non-hydrogen) atoms. The summed E-state index contributed by atoms with van der Waals surface area (Å²) in [6.07, 6.45) is 1.89. The molecule has 25 aromatic rings. The van der Waals surface area contributed by atoms with E-state index in [0.29, 0.717) is 0 Å². The van der Waals surface area contributed by atoms with Crippen LogP contribution in [0.15, 0.2) is 443 Å². The van der Waals surface area contributed by atoms with Crippen molar-refractivity contribution >= 4 is 97.2 Å². The quantitative estimate of drug-likeness (QED) is 0.126. The molecule has 727 valence electrons. The molecule has 28 rings (SSSR count). The van der Waals surface area contributed by atoms with E-state index in [0.717, 1.165) is 104 Å². The van der Waals surface area contributed by atoms with Crippen LogP contribution in [-0.2, 0) is 76.6 Å². The summed E-state index contributed by atoms with van der Waals surface area (Å²) < 4.78 is 3.64. The van der Waals surface area contributed by atoms with Crippen molar-refractivity contribution in [3.63, 3.8) is 0 Å². The van der Waals surface area contributed by atoms with Gasteiger partial charge in [-0.3, -0.25) is 29.9 Å². The average molecular weight is 2500 g/mol. The molecule has 0 saturated heterocycles. The zero-order valence-corrected chi connectivity index (χ0v) is 92.6. The summed E-state index contributed by atoms with van der Waals surface area (Å²) >= 11 is 5.14. The van der Waals surface area contributed by atoms with Gasteiger partial charge in [0.25, 0.3) is 0 Å². The van der Waals surface area contributed by atoms with Gasteiger partial charge in [0.1, 0.15) is 0 Å². The maximum atomic E-state index is 5.14. The van der Waals surface area contributed by atoms with Gasteiger partial charge in [-0.25, -0.2) is 0 Å². The van der Waals surface area contributed by atoms with Crippen LogP contribution in [0.2, 0.25) is 0 Å². The molecule has 3 aliphatic rings. The van der Waals surface area contributed by atoms with Crippen LogP contribution in [0.25, 0.3) is 207 Å². The predicted molar refractivity (Wildman–Crippen MR) is 611 cm³/mol. The molecule has 0 fully saturated rings. The second kappa shape index (κ2) is 43.8. The molecule has 7 nitrogen and oxygen atoms in total. The van der Waals surface area contributed by atoms with Crippen LogP contribution in [0, 0.1) is 50.2 Å². The molecule has 0 aliphatic heterocycles. The van der Waals surface area contributed by atoms with Crippen molar-refractivity contribution in [1.29, 1.82) is 0 Å². The number of hydrogen-bond donors (Lipinski definition) is 0. The Balaban J connectivity index is 0.000000109. The minimum Gasteiger partial charge on any atom is -0.304 e. The van der Waals surface area contributed by atoms with E-state index in [4.69, 9.17) is 29.9 Å². The zero-order chi connectivity index (χ0) is 99.0. The molecule has 0 saturated carbocycles. The first-order valence-corrected chi connectivity index (χ1v) is 51.7. The van der Waals surface area contributed by atoms with Crippen LogP contribution in [0.5, 0.6) is 0 Å². The van der Waals surface area contributed by atoms with Crippen molar-refractivity contribution in [3.05, 3.63) is 524 Å². The van der Waals surface area contributed by atoms with E-state index < -0.39 is 0 Å². The first-order chi connectivity index (χ1) is 71.4. The molecule has 19 aromatic carbocycles. The van der Waals surface area contributed by atoms with Crippen LogP contribution in [0.1, 0.15) is 86.1 Å². The van der Waals surface area contributed by atoms with E-state index in [2.05, 4.69) is 443 Å². The zero-order valence-electron chi connectivity index (χ0n) is 83.0. The van der Waals surface area contributed by atoms with Gasteiger partial charge in [-0.2, -0.15) is 34.0 Å². The van der Waals surface area contributed by atoms with Crippen LogP contribution in [0.3, 0.4) is 0 Å². The van der Waals surface area contributed by atoms with E-state index in [9.17, 15) is 0 Å². The average Bonchev–Trinajstić information content (AvgIpc) is 1.57. The predicted octanol–water partition coefficient (Wildman–Crippen LogP) is 36.0. The van der Waals surface area contributed by atoms with Gasteiger partial charge in [-0.1, -0.05) is 366 Å². The monoisotopic (exact) mass is 2500 g/mol. The molecule has 3 radical (unpaired) electrons. The Hall–Kier alpha value is -15.0. The fraction of sp³-hybridized carbons (Fsp3) is 0.0809. The van der Waals surface area contributed by atoms with Crippen LogP contribution >= 0.6 is 34.0 Å². The first-order valence-electron chi connectivity index (χ1n) is 49.3. The van der Waals surface area contributed by atoms with Crippen molar-refractivity contribution in [1.82, 2.24) is 34.9 Å². The molecule has 0 amide bonds. The van der Waals surface area contributed by atoms with Crippen molar-refractivity contribution in [3.8, 4) is 144 Å². The normalized spacial score (nSPS) is 12.4. The molecule has 0 bridgehead atoms. The summed E-state index contributed by atoms with van der Waals surface area (Å²) in [5, 5.41) is 7.70. The molecule has 6 heterocycles. The largest absolute Gasteiger partial charge is 0.304 e. The number of hydrogen-bond acceptors (Lipinski definition) is 10. The summed E-state index contributed by atoms with van der Waals surface area (Å²) in [7, 11) is 0. The number of benzene rings is 19. The smallest absolute Gasteiger partial charge is 0.0763 e. The Morgan fingerprint density at radius 3 is 1.05 bits per heavy atom. The van der Waals surface area contributed by atoms with Gasteiger partial charge in [-0.15, -0.1) is 194 Å². The van der Waals surface area contributed by atoms with Gasteiger partial charge < -0.3 is 4.98 Å². The molecule has 0 spiro atoms. The van der Waals surface area contributed by atoms with Crippen LogP contribution < -0.4 is 0 Å². The van der Waals surface area contributed by atoms with Crippen molar-refractivity contribution < 1.29 is 60.3 Å². The SMILES string of the molecule is CC1(C)c2ccccc2-c2c[c-]c(-c3ccc4ccccc4n3)cc21.CC1(C)c2ccccc2-c2c[c-]c(-c3nccc4ccccc34)cc21.Cc1cccc(C)c1-c1nc(-c2[c-]cc3c(c2)C(C)(C)c2ccccc2-3)nc2ccccc12.[Ir].[Ir].[Ir].[c-]1ccc(-c2ccccc2)cc1-c1nc2ccccc2s1.[c-]1ccc(-c2ccccc2)cc1-c1nc2ccccc2s1.[c-]1ccc(-c2ccccc2)cc1-c1nc2ccccc2s1. The number of pyridine rings is 2. The Kier molecular flexibility index (Phi) is 29.7. The summed E-state index contributed by atoms with van der Waals surface area (Å²) in [5.41, 5.74) is 41.1. The summed E-state index contributed by atoms with van der Waals surface area (Å²) in [4.78, 5) is 33.7. The summed E-state index contributed by atoms with van der Waals surface area (Å²) in [6.45, 7) is 18.1. The maximum absolute atomic E-state index is 5.14. The molecular formula is C136H97Ir3N7S3-6. The minimum atomic E-state index is -0.0674. The van der Waals surface area contributed by atoms with Gasteiger partial charge in [-0.05, 0) is 157 Å². The standard InChI is InChI=1S/C31H25N2.2C24H18N.3C19H12NS.3Ir/c1-19-10-9-11-20(2)28(19)29-24-13-6-8-15-27(24)32-30(33-29)21-16-17-23-22-12-5-7-14-25(22)31(3,4)26(23)18-21;1-24(2)20-9-5-4-8-18(20)19-13-11-17(15-21(19)24)23-14-12-16-7-3-6-10-22(16)25-23;1-24(2)21-10-6-5-9-19(21)20-12-11-17(15-22(20)24)23-18-8-4-3-7-16(18)13-14-25-23;3*1-2-7-14(8-3-1)15-9-6-10-16(13-15)19-20-17-11-4-5-12-18(17)21-19;;;/h5-15,17-18H,1-4H3;2*3-10,12-15H,1-2H3;3*1-9,11-13H;;;/q6*-1;;;. The van der Waals surface area contributed by atoms with E-state index in [1.807, 2.05) is 97.2 Å². The van der Waals surface area contributed by atoms with E-state index in [1.165, 1.54) is 147 Å². The number of rotatable bonds is 10. The molecule has 0 N–H and O–H groups in total. The van der Waals surface area contributed by atoms with Gasteiger partial charge in [0.2, 0.25) is 0 Å². The van der Waals surface area contributed by atoms with E-state index in [-0.39, 0.29) is 76.6 Å². The van der Waals surface area contributed by atoms with Gasteiger partial charge >= 0.3 is 0 Å². The Labute approximate surface area is 922 Å².